The molecule has 0 atom stereocenters. The molecule has 1 heterocycles. The van der Waals surface area contributed by atoms with Gasteiger partial charge in [-0.25, -0.2) is 0 Å². The van der Waals surface area contributed by atoms with Crippen molar-refractivity contribution in [2.24, 2.45) is 0 Å². The van der Waals surface area contributed by atoms with E-state index >= 15 is 0 Å². The highest BCUT2D eigenvalue weighted by Crippen LogP contribution is 2.23. The number of hydrogen-bond acceptors (Lipinski definition) is 3. The lowest BCUT2D eigenvalue weighted by Crippen LogP contribution is -2.34. The minimum Gasteiger partial charge on any atom is -0.389 e. The fourth-order valence-corrected chi connectivity index (χ4v) is 1.91. The Bertz CT molecular complexity index is 436. The SMILES string of the molecule is CC(C)(O)CNCc1ccc2c(c1)CC(=O)N2. The third-order valence-electron chi connectivity index (χ3n) is 2.68. The quantitative estimate of drug-likeness (QED) is 0.729. The Kier molecular flexibility index (Phi) is 3.17. The average Bonchev–Trinajstić information content (AvgIpc) is 2.55. The Balaban J connectivity index is 1.95. The summed E-state index contributed by atoms with van der Waals surface area (Å²) in [5, 5.41) is 15.6. The Morgan fingerprint density at radius 3 is 2.94 bits per heavy atom. The first-order valence-corrected chi connectivity index (χ1v) is 5.79. The predicted octanol–water partition coefficient (Wildman–Crippen LogP) is 1.04. The first-order chi connectivity index (χ1) is 7.94. The molecule has 1 aliphatic rings. The standard InChI is InChI=1S/C13H18N2O2/c1-13(2,17)8-14-7-9-3-4-11-10(5-9)6-12(16)15-11/h3-5,14,17H,6-8H2,1-2H3,(H,15,16). The van der Waals surface area contributed by atoms with E-state index in [4.69, 9.17) is 0 Å². The molecule has 0 bridgehead atoms. The van der Waals surface area contributed by atoms with Crippen LogP contribution in [-0.2, 0) is 17.8 Å². The third kappa shape index (κ3) is 3.28. The average molecular weight is 234 g/mol. The minimum absolute atomic E-state index is 0.0570. The fourth-order valence-electron chi connectivity index (χ4n) is 1.91. The van der Waals surface area contributed by atoms with Crippen LogP contribution in [0.25, 0.3) is 0 Å². The van der Waals surface area contributed by atoms with Gasteiger partial charge in [-0.05, 0) is 31.0 Å². The van der Waals surface area contributed by atoms with Gasteiger partial charge in [0, 0.05) is 18.8 Å². The fraction of sp³-hybridized carbons (Fsp3) is 0.462. The lowest BCUT2D eigenvalue weighted by molar-refractivity contribution is -0.115. The van der Waals surface area contributed by atoms with E-state index in [0.29, 0.717) is 19.5 Å². The summed E-state index contributed by atoms with van der Waals surface area (Å²) in [6, 6.07) is 5.95. The molecule has 3 N–H and O–H groups in total. The summed E-state index contributed by atoms with van der Waals surface area (Å²) in [5.74, 6) is 0.0570. The van der Waals surface area contributed by atoms with E-state index < -0.39 is 5.60 Å². The maximum absolute atomic E-state index is 11.2. The van der Waals surface area contributed by atoms with Gasteiger partial charge in [0.2, 0.25) is 5.91 Å². The van der Waals surface area contributed by atoms with Gasteiger partial charge in [-0.2, -0.15) is 0 Å². The second-order valence-corrected chi connectivity index (χ2v) is 5.13. The highest BCUT2D eigenvalue weighted by Gasteiger charge is 2.17. The largest absolute Gasteiger partial charge is 0.389 e. The van der Waals surface area contributed by atoms with Crippen LogP contribution in [0.4, 0.5) is 5.69 Å². The normalized spacial score (nSPS) is 14.6. The van der Waals surface area contributed by atoms with Crippen LogP contribution in [0.5, 0.6) is 0 Å². The first kappa shape index (κ1) is 12.1. The lowest BCUT2D eigenvalue weighted by atomic mass is 10.1. The molecule has 0 spiro atoms. The third-order valence-corrected chi connectivity index (χ3v) is 2.68. The Morgan fingerprint density at radius 2 is 2.24 bits per heavy atom. The van der Waals surface area contributed by atoms with E-state index in [0.717, 1.165) is 16.8 Å². The monoisotopic (exact) mass is 234 g/mol. The van der Waals surface area contributed by atoms with Gasteiger partial charge in [-0.15, -0.1) is 0 Å². The van der Waals surface area contributed by atoms with Crippen LogP contribution in [-0.4, -0.2) is 23.2 Å². The zero-order valence-corrected chi connectivity index (χ0v) is 10.2. The number of fused-ring (bicyclic) bond motifs is 1. The minimum atomic E-state index is -0.700. The summed E-state index contributed by atoms with van der Waals surface area (Å²) < 4.78 is 0. The number of amides is 1. The number of hydrogen-bond donors (Lipinski definition) is 3. The van der Waals surface area contributed by atoms with Gasteiger partial charge in [-0.1, -0.05) is 12.1 Å². The van der Waals surface area contributed by atoms with Crippen molar-refractivity contribution < 1.29 is 9.90 Å². The van der Waals surface area contributed by atoms with Crippen LogP contribution >= 0.6 is 0 Å². The molecule has 1 aromatic rings. The maximum atomic E-state index is 11.2. The van der Waals surface area contributed by atoms with Crippen LogP contribution in [0.2, 0.25) is 0 Å². The highest BCUT2D eigenvalue weighted by molar-refractivity contribution is 5.99. The van der Waals surface area contributed by atoms with Crippen molar-refractivity contribution in [1.82, 2.24) is 5.32 Å². The van der Waals surface area contributed by atoms with Gasteiger partial charge in [0.05, 0.1) is 12.0 Å². The molecule has 92 valence electrons. The van der Waals surface area contributed by atoms with Crippen LogP contribution in [0, 0.1) is 0 Å². The smallest absolute Gasteiger partial charge is 0.228 e. The summed E-state index contributed by atoms with van der Waals surface area (Å²) in [7, 11) is 0. The number of nitrogens with one attached hydrogen (secondary N) is 2. The summed E-state index contributed by atoms with van der Waals surface area (Å²) in [6.07, 6.45) is 0.467. The van der Waals surface area contributed by atoms with Crippen molar-refractivity contribution >= 4 is 11.6 Å². The molecule has 0 unspecified atom stereocenters. The second-order valence-electron chi connectivity index (χ2n) is 5.13. The molecule has 0 saturated heterocycles. The van der Waals surface area contributed by atoms with Gasteiger partial charge < -0.3 is 15.7 Å². The number of carbonyl (C=O) groups is 1. The second kappa shape index (κ2) is 4.47. The molecule has 1 aliphatic heterocycles. The summed E-state index contributed by atoms with van der Waals surface area (Å²) >= 11 is 0. The molecule has 0 aliphatic carbocycles. The molecule has 0 aromatic heterocycles. The molecular weight excluding hydrogens is 216 g/mol. The topological polar surface area (TPSA) is 61.4 Å². The van der Waals surface area contributed by atoms with Crippen LogP contribution < -0.4 is 10.6 Å². The number of aliphatic hydroxyl groups is 1. The van der Waals surface area contributed by atoms with E-state index in [1.54, 1.807) is 13.8 Å². The molecule has 17 heavy (non-hydrogen) atoms. The summed E-state index contributed by atoms with van der Waals surface area (Å²) in [5.41, 5.74) is 2.40. The van der Waals surface area contributed by atoms with Crippen molar-refractivity contribution in [3.8, 4) is 0 Å². The van der Waals surface area contributed by atoms with Crippen molar-refractivity contribution in [3.05, 3.63) is 29.3 Å². The van der Waals surface area contributed by atoms with Gasteiger partial charge in [0.25, 0.3) is 0 Å². The molecule has 0 fully saturated rings. The summed E-state index contributed by atoms with van der Waals surface area (Å²) in [6.45, 7) is 4.78. The van der Waals surface area contributed by atoms with Crippen LogP contribution in [0.1, 0.15) is 25.0 Å². The van der Waals surface area contributed by atoms with E-state index in [1.165, 1.54) is 0 Å². The van der Waals surface area contributed by atoms with Crippen LogP contribution in [0.3, 0.4) is 0 Å². The van der Waals surface area contributed by atoms with Crippen LogP contribution in [0.15, 0.2) is 18.2 Å². The van der Waals surface area contributed by atoms with Crippen molar-refractivity contribution in [2.45, 2.75) is 32.4 Å². The van der Waals surface area contributed by atoms with E-state index in [2.05, 4.69) is 10.6 Å². The lowest BCUT2D eigenvalue weighted by Gasteiger charge is -2.17. The zero-order chi connectivity index (χ0) is 12.5. The zero-order valence-electron chi connectivity index (χ0n) is 10.2. The first-order valence-electron chi connectivity index (χ1n) is 5.79. The number of rotatable bonds is 4. The van der Waals surface area contributed by atoms with Gasteiger partial charge in [0.1, 0.15) is 0 Å². The highest BCUT2D eigenvalue weighted by atomic mass is 16.3. The van der Waals surface area contributed by atoms with Gasteiger partial charge in [0.15, 0.2) is 0 Å². The number of carbonyl (C=O) groups excluding carboxylic acids is 1. The number of benzene rings is 1. The number of anilines is 1. The van der Waals surface area contributed by atoms with E-state index in [1.807, 2.05) is 18.2 Å². The molecule has 0 saturated carbocycles. The molecule has 1 amide bonds. The van der Waals surface area contributed by atoms with Crippen molar-refractivity contribution in [1.29, 1.82) is 0 Å². The molecular formula is C13H18N2O2. The van der Waals surface area contributed by atoms with Gasteiger partial charge in [-0.3, -0.25) is 4.79 Å². The Labute approximate surface area is 101 Å². The maximum Gasteiger partial charge on any atom is 0.228 e. The predicted molar refractivity (Wildman–Crippen MR) is 66.8 cm³/mol. The molecule has 4 nitrogen and oxygen atoms in total. The van der Waals surface area contributed by atoms with Gasteiger partial charge >= 0.3 is 0 Å². The van der Waals surface area contributed by atoms with E-state index in [-0.39, 0.29) is 5.91 Å². The molecule has 2 rings (SSSR count). The molecule has 1 aromatic carbocycles. The molecule has 0 radical (unpaired) electrons. The summed E-state index contributed by atoms with van der Waals surface area (Å²) in [4.78, 5) is 11.2. The van der Waals surface area contributed by atoms with Crippen molar-refractivity contribution in [3.63, 3.8) is 0 Å². The van der Waals surface area contributed by atoms with E-state index in [9.17, 15) is 9.90 Å². The van der Waals surface area contributed by atoms with Crippen molar-refractivity contribution in [2.75, 3.05) is 11.9 Å². The Morgan fingerprint density at radius 1 is 1.47 bits per heavy atom. The Hall–Kier alpha value is -1.39. The molecule has 4 heteroatoms.